The summed E-state index contributed by atoms with van der Waals surface area (Å²) in [6, 6.07) is 9.99. The summed E-state index contributed by atoms with van der Waals surface area (Å²) in [7, 11) is 2.09. The van der Waals surface area contributed by atoms with E-state index in [1.54, 1.807) is 6.20 Å². The first-order chi connectivity index (χ1) is 10.6. The van der Waals surface area contributed by atoms with Crippen molar-refractivity contribution in [2.24, 2.45) is 0 Å². The molecule has 1 aromatic carbocycles. The lowest BCUT2D eigenvalue weighted by molar-refractivity contribution is 0.0937. The predicted molar refractivity (Wildman–Crippen MR) is 86.6 cm³/mol. The van der Waals surface area contributed by atoms with Gasteiger partial charge in [-0.1, -0.05) is 30.3 Å². The molecule has 1 aliphatic heterocycles. The number of hydrogen-bond acceptors (Lipinski definition) is 3. The van der Waals surface area contributed by atoms with Gasteiger partial charge in [0.05, 0.1) is 11.6 Å². The van der Waals surface area contributed by atoms with Crippen molar-refractivity contribution in [3.05, 3.63) is 65.0 Å². The average Bonchev–Trinajstić information content (AvgIpc) is 2.54. The van der Waals surface area contributed by atoms with Gasteiger partial charge in [-0.3, -0.25) is 9.78 Å². The maximum atomic E-state index is 12.6. The Bertz CT molecular complexity index is 669. The summed E-state index contributed by atoms with van der Waals surface area (Å²) in [6.07, 6.45) is 4.47. The van der Waals surface area contributed by atoms with E-state index in [1.165, 1.54) is 0 Å². The molecule has 114 valence electrons. The largest absolute Gasteiger partial charge is 0.345 e. The van der Waals surface area contributed by atoms with E-state index >= 15 is 0 Å². The van der Waals surface area contributed by atoms with E-state index in [-0.39, 0.29) is 11.9 Å². The van der Waals surface area contributed by atoms with Crippen LogP contribution in [0.5, 0.6) is 0 Å². The molecule has 2 heterocycles. The molecule has 1 unspecified atom stereocenters. The van der Waals surface area contributed by atoms with E-state index in [0.29, 0.717) is 5.56 Å². The van der Waals surface area contributed by atoms with Crippen molar-refractivity contribution in [3.8, 4) is 0 Å². The van der Waals surface area contributed by atoms with Gasteiger partial charge < -0.3 is 10.2 Å². The summed E-state index contributed by atoms with van der Waals surface area (Å²) in [6.45, 7) is 3.84. The van der Waals surface area contributed by atoms with Gasteiger partial charge in [-0.15, -0.1) is 0 Å². The number of nitrogens with zero attached hydrogens (tertiary/aromatic N) is 2. The number of aromatic nitrogens is 1. The second-order valence-corrected chi connectivity index (χ2v) is 5.92. The smallest absolute Gasteiger partial charge is 0.253 e. The highest BCUT2D eigenvalue weighted by Gasteiger charge is 2.21. The molecule has 0 fully saturated rings. The van der Waals surface area contributed by atoms with Gasteiger partial charge in [0.15, 0.2) is 0 Å². The quantitative estimate of drug-likeness (QED) is 0.946. The van der Waals surface area contributed by atoms with Crippen molar-refractivity contribution in [2.75, 3.05) is 13.6 Å². The zero-order chi connectivity index (χ0) is 15.5. The Morgan fingerprint density at radius 1 is 1.27 bits per heavy atom. The fraction of sp³-hybridized carbons (Fsp3) is 0.333. The monoisotopic (exact) mass is 295 g/mol. The lowest BCUT2D eigenvalue weighted by Gasteiger charge is -2.26. The number of nitrogens with one attached hydrogen (secondary N) is 1. The van der Waals surface area contributed by atoms with Gasteiger partial charge in [-0.25, -0.2) is 0 Å². The van der Waals surface area contributed by atoms with Crippen molar-refractivity contribution in [3.63, 3.8) is 0 Å². The van der Waals surface area contributed by atoms with Gasteiger partial charge in [-0.2, -0.15) is 0 Å². The van der Waals surface area contributed by atoms with Crippen molar-refractivity contribution >= 4 is 5.91 Å². The van der Waals surface area contributed by atoms with Gasteiger partial charge in [0, 0.05) is 25.5 Å². The minimum Gasteiger partial charge on any atom is -0.345 e. The summed E-state index contributed by atoms with van der Waals surface area (Å²) in [5, 5.41) is 3.08. The Balaban J connectivity index is 1.80. The van der Waals surface area contributed by atoms with Gasteiger partial charge in [0.2, 0.25) is 0 Å². The Hall–Kier alpha value is -2.20. The van der Waals surface area contributed by atoms with Crippen LogP contribution in [0.2, 0.25) is 0 Å². The SMILES string of the molecule is CC(NC(=O)c1cncc2c1CCN(C)C2)c1ccccc1. The Morgan fingerprint density at radius 2 is 2.05 bits per heavy atom. The first-order valence-corrected chi connectivity index (χ1v) is 7.65. The summed E-state index contributed by atoms with van der Waals surface area (Å²) >= 11 is 0. The van der Waals surface area contributed by atoms with Crippen molar-refractivity contribution in [1.82, 2.24) is 15.2 Å². The van der Waals surface area contributed by atoms with E-state index in [0.717, 1.165) is 36.2 Å². The normalized spacial score (nSPS) is 15.9. The van der Waals surface area contributed by atoms with Crippen molar-refractivity contribution in [1.29, 1.82) is 0 Å². The van der Waals surface area contributed by atoms with Gasteiger partial charge in [0.1, 0.15) is 0 Å². The van der Waals surface area contributed by atoms with Gasteiger partial charge in [0.25, 0.3) is 5.91 Å². The number of pyridine rings is 1. The first kappa shape index (κ1) is 14.7. The molecular formula is C18H21N3O. The van der Waals surface area contributed by atoms with Gasteiger partial charge in [-0.05, 0) is 37.1 Å². The summed E-state index contributed by atoms with van der Waals surface area (Å²) in [4.78, 5) is 19.1. The highest BCUT2D eigenvalue weighted by molar-refractivity contribution is 5.96. The molecular weight excluding hydrogens is 274 g/mol. The number of carbonyl (C=O) groups is 1. The van der Waals surface area contributed by atoms with E-state index in [4.69, 9.17) is 0 Å². The maximum absolute atomic E-state index is 12.6. The molecule has 3 rings (SSSR count). The highest BCUT2D eigenvalue weighted by atomic mass is 16.1. The number of carbonyl (C=O) groups excluding carboxylic acids is 1. The molecule has 0 spiro atoms. The molecule has 0 saturated heterocycles. The molecule has 0 radical (unpaired) electrons. The molecule has 1 amide bonds. The number of likely N-dealkylation sites (N-methyl/N-ethyl adjacent to an activating group) is 1. The molecule has 1 aromatic heterocycles. The zero-order valence-electron chi connectivity index (χ0n) is 13.0. The minimum atomic E-state index is -0.0368. The first-order valence-electron chi connectivity index (χ1n) is 7.65. The minimum absolute atomic E-state index is 0.0178. The van der Waals surface area contributed by atoms with Crippen LogP contribution in [-0.2, 0) is 13.0 Å². The lowest BCUT2D eigenvalue weighted by Crippen LogP contribution is -2.32. The predicted octanol–water partition coefficient (Wildman–Crippen LogP) is 2.56. The van der Waals surface area contributed by atoms with Crippen LogP contribution < -0.4 is 5.32 Å². The van der Waals surface area contributed by atoms with E-state index in [2.05, 4.69) is 22.2 Å². The fourth-order valence-corrected chi connectivity index (χ4v) is 2.93. The molecule has 4 heteroatoms. The molecule has 1 atom stereocenters. The number of fused-ring (bicyclic) bond motifs is 1. The van der Waals surface area contributed by atoms with Crippen LogP contribution in [0.4, 0.5) is 0 Å². The highest BCUT2D eigenvalue weighted by Crippen LogP contribution is 2.21. The third-order valence-corrected chi connectivity index (χ3v) is 4.22. The second kappa shape index (κ2) is 6.28. The molecule has 22 heavy (non-hydrogen) atoms. The fourth-order valence-electron chi connectivity index (χ4n) is 2.93. The van der Waals surface area contributed by atoms with E-state index in [9.17, 15) is 4.79 Å². The number of benzene rings is 1. The Kier molecular flexibility index (Phi) is 4.20. The average molecular weight is 295 g/mol. The van der Waals surface area contributed by atoms with E-state index < -0.39 is 0 Å². The third kappa shape index (κ3) is 3.02. The van der Waals surface area contributed by atoms with Crippen LogP contribution in [0.25, 0.3) is 0 Å². The molecule has 1 aliphatic rings. The summed E-state index contributed by atoms with van der Waals surface area (Å²) in [5.41, 5.74) is 4.13. The molecule has 0 bridgehead atoms. The lowest BCUT2D eigenvalue weighted by atomic mass is 9.96. The summed E-state index contributed by atoms with van der Waals surface area (Å²) in [5.74, 6) is -0.0368. The standard InChI is InChI=1S/C18H21N3O/c1-13(14-6-4-3-5-7-14)20-18(22)17-11-19-10-15-12-21(2)9-8-16(15)17/h3-7,10-11,13H,8-9,12H2,1-2H3,(H,20,22). The van der Waals surface area contributed by atoms with Crippen LogP contribution in [-0.4, -0.2) is 29.4 Å². The molecule has 1 N–H and O–H groups in total. The number of hydrogen-bond donors (Lipinski definition) is 1. The maximum Gasteiger partial charge on any atom is 0.253 e. The molecule has 0 aliphatic carbocycles. The molecule has 0 saturated carbocycles. The van der Waals surface area contributed by atoms with Crippen molar-refractivity contribution < 1.29 is 4.79 Å². The Morgan fingerprint density at radius 3 is 2.82 bits per heavy atom. The van der Waals surface area contributed by atoms with Crippen LogP contribution in [0.3, 0.4) is 0 Å². The number of amides is 1. The number of rotatable bonds is 3. The third-order valence-electron chi connectivity index (χ3n) is 4.22. The Labute approximate surface area is 131 Å². The topological polar surface area (TPSA) is 45.2 Å². The summed E-state index contributed by atoms with van der Waals surface area (Å²) < 4.78 is 0. The molecule has 2 aromatic rings. The second-order valence-electron chi connectivity index (χ2n) is 5.92. The zero-order valence-corrected chi connectivity index (χ0v) is 13.0. The van der Waals surface area contributed by atoms with Crippen LogP contribution in [0.1, 0.15) is 40.0 Å². The van der Waals surface area contributed by atoms with Crippen molar-refractivity contribution in [2.45, 2.75) is 25.9 Å². The van der Waals surface area contributed by atoms with Crippen LogP contribution >= 0.6 is 0 Å². The van der Waals surface area contributed by atoms with Crippen LogP contribution in [0, 0.1) is 0 Å². The van der Waals surface area contributed by atoms with Crippen LogP contribution in [0.15, 0.2) is 42.7 Å². The van der Waals surface area contributed by atoms with Gasteiger partial charge >= 0.3 is 0 Å². The molecule has 4 nitrogen and oxygen atoms in total. The van der Waals surface area contributed by atoms with E-state index in [1.807, 2.05) is 43.5 Å².